The highest BCUT2D eigenvalue weighted by molar-refractivity contribution is 5.89. The monoisotopic (exact) mass is 447 g/mol. The molecule has 172 valence electrons. The number of amides is 3. The second kappa shape index (κ2) is 10.9. The van der Waals surface area contributed by atoms with E-state index in [1.165, 1.54) is 18.2 Å². The summed E-state index contributed by atoms with van der Waals surface area (Å²) >= 11 is 0. The van der Waals surface area contributed by atoms with Crippen molar-refractivity contribution < 1.29 is 33.7 Å². The van der Waals surface area contributed by atoms with E-state index in [1.807, 2.05) is 12.1 Å². The molecule has 1 heterocycles. The molecule has 0 aromatic heterocycles. The molecule has 3 rings (SSSR count). The third-order valence-corrected chi connectivity index (χ3v) is 5.04. The van der Waals surface area contributed by atoms with E-state index in [0.717, 1.165) is 11.6 Å². The van der Waals surface area contributed by atoms with Crippen LogP contribution in [0.25, 0.3) is 0 Å². The Hall–Kier alpha value is -3.21. The summed E-state index contributed by atoms with van der Waals surface area (Å²) in [6, 6.07) is 12.0. The van der Waals surface area contributed by atoms with Crippen LogP contribution in [0.5, 0.6) is 5.75 Å². The summed E-state index contributed by atoms with van der Waals surface area (Å²) in [4.78, 5) is 24.2. The van der Waals surface area contributed by atoms with Crippen molar-refractivity contribution in [3.63, 3.8) is 0 Å². The fourth-order valence-electron chi connectivity index (χ4n) is 3.30. The SMILES string of the molecule is COc1ccc(CNC(=O)CC2OC(CNC(=O)Nc3cccc(F)c3)C(O)C2O)cc1. The van der Waals surface area contributed by atoms with Crippen LogP contribution < -0.4 is 20.7 Å². The molecule has 1 saturated heterocycles. The third-order valence-electron chi connectivity index (χ3n) is 5.04. The van der Waals surface area contributed by atoms with Gasteiger partial charge in [0.05, 0.1) is 19.6 Å². The number of methoxy groups -OCH3 is 1. The summed E-state index contributed by atoms with van der Waals surface area (Å²) < 4.78 is 23.8. The van der Waals surface area contributed by atoms with Crippen LogP contribution in [0.15, 0.2) is 48.5 Å². The lowest BCUT2D eigenvalue weighted by molar-refractivity contribution is -0.125. The van der Waals surface area contributed by atoms with Crippen LogP contribution in [-0.4, -0.2) is 60.2 Å². The van der Waals surface area contributed by atoms with Gasteiger partial charge in [0.2, 0.25) is 5.91 Å². The summed E-state index contributed by atoms with van der Waals surface area (Å²) in [5.41, 5.74) is 1.14. The van der Waals surface area contributed by atoms with Crippen molar-refractivity contribution in [3.05, 3.63) is 59.9 Å². The quantitative estimate of drug-likeness (QED) is 0.413. The van der Waals surface area contributed by atoms with E-state index >= 15 is 0 Å². The first-order chi connectivity index (χ1) is 15.4. The van der Waals surface area contributed by atoms with Gasteiger partial charge in [-0.25, -0.2) is 9.18 Å². The van der Waals surface area contributed by atoms with Crippen LogP contribution in [0.1, 0.15) is 12.0 Å². The number of urea groups is 1. The number of ether oxygens (including phenoxy) is 2. The average Bonchev–Trinajstić information content (AvgIpc) is 3.04. The number of benzene rings is 2. The molecule has 2 aromatic carbocycles. The summed E-state index contributed by atoms with van der Waals surface area (Å²) in [5.74, 6) is -0.135. The third kappa shape index (κ3) is 6.39. The fraction of sp³-hybridized carbons (Fsp3) is 0.364. The first-order valence-corrected chi connectivity index (χ1v) is 10.1. The number of aliphatic hydroxyl groups excluding tert-OH is 2. The predicted octanol–water partition coefficient (Wildman–Crippen LogP) is 1.15. The van der Waals surface area contributed by atoms with Crippen LogP contribution in [0.3, 0.4) is 0 Å². The molecule has 0 aliphatic carbocycles. The Bertz CT molecular complexity index is 926. The van der Waals surface area contributed by atoms with E-state index in [-0.39, 0.29) is 24.6 Å². The van der Waals surface area contributed by atoms with E-state index in [1.54, 1.807) is 19.2 Å². The highest BCUT2D eigenvalue weighted by Crippen LogP contribution is 2.23. The highest BCUT2D eigenvalue weighted by atomic mass is 19.1. The van der Waals surface area contributed by atoms with Crippen LogP contribution in [0, 0.1) is 5.82 Å². The summed E-state index contributed by atoms with van der Waals surface area (Å²) in [5, 5.41) is 28.1. The molecule has 0 bridgehead atoms. The molecule has 0 radical (unpaired) electrons. The molecule has 5 N–H and O–H groups in total. The molecule has 32 heavy (non-hydrogen) atoms. The number of carbonyl (C=O) groups excluding carboxylic acids is 2. The number of halogens is 1. The van der Waals surface area contributed by atoms with Crippen molar-refractivity contribution in [1.29, 1.82) is 0 Å². The van der Waals surface area contributed by atoms with Gasteiger partial charge in [0, 0.05) is 18.8 Å². The van der Waals surface area contributed by atoms with Crippen LogP contribution in [0.4, 0.5) is 14.9 Å². The second-order valence-electron chi connectivity index (χ2n) is 7.37. The standard InChI is InChI=1S/C22H26FN3O6/c1-31-16-7-5-13(6-8-16)11-24-19(27)10-17-20(28)21(29)18(32-17)12-25-22(30)26-15-4-2-3-14(23)9-15/h2-9,17-18,20-21,28-29H,10-12H2,1H3,(H,24,27)(H2,25,26,30). The molecular weight excluding hydrogens is 421 g/mol. The maximum Gasteiger partial charge on any atom is 0.319 e. The Kier molecular flexibility index (Phi) is 7.98. The van der Waals surface area contributed by atoms with Gasteiger partial charge in [-0.2, -0.15) is 0 Å². The Morgan fingerprint density at radius 2 is 1.78 bits per heavy atom. The number of anilines is 1. The van der Waals surface area contributed by atoms with E-state index < -0.39 is 36.3 Å². The number of rotatable bonds is 8. The summed E-state index contributed by atoms with van der Waals surface area (Å²) in [6.07, 6.45) is -4.52. The van der Waals surface area contributed by atoms with Crippen LogP contribution in [0.2, 0.25) is 0 Å². The molecule has 3 amide bonds. The Labute approximate surface area is 184 Å². The van der Waals surface area contributed by atoms with Gasteiger partial charge in [0.25, 0.3) is 0 Å². The smallest absolute Gasteiger partial charge is 0.319 e. The maximum absolute atomic E-state index is 13.2. The first kappa shape index (κ1) is 23.5. The zero-order valence-corrected chi connectivity index (χ0v) is 17.5. The average molecular weight is 447 g/mol. The topological polar surface area (TPSA) is 129 Å². The van der Waals surface area contributed by atoms with Crippen molar-refractivity contribution in [3.8, 4) is 5.75 Å². The van der Waals surface area contributed by atoms with Gasteiger partial charge < -0.3 is 35.6 Å². The Morgan fingerprint density at radius 3 is 2.47 bits per heavy atom. The van der Waals surface area contributed by atoms with E-state index in [9.17, 15) is 24.2 Å². The summed E-state index contributed by atoms with van der Waals surface area (Å²) in [7, 11) is 1.57. The number of hydrogen-bond donors (Lipinski definition) is 5. The van der Waals surface area contributed by atoms with Gasteiger partial charge in [-0.05, 0) is 35.9 Å². The zero-order chi connectivity index (χ0) is 23.1. The molecule has 2 aromatic rings. The zero-order valence-electron chi connectivity index (χ0n) is 17.5. The minimum atomic E-state index is -1.28. The number of hydrogen-bond acceptors (Lipinski definition) is 6. The molecule has 9 nitrogen and oxygen atoms in total. The first-order valence-electron chi connectivity index (χ1n) is 10.1. The minimum Gasteiger partial charge on any atom is -0.497 e. The molecule has 10 heteroatoms. The molecule has 4 unspecified atom stereocenters. The Balaban J connectivity index is 1.43. The van der Waals surface area contributed by atoms with Gasteiger partial charge in [-0.3, -0.25) is 4.79 Å². The van der Waals surface area contributed by atoms with Gasteiger partial charge in [-0.15, -0.1) is 0 Å². The largest absolute Gasteiger partial charge is 0.497 e. The minimum absolute atomic E-state index is 0.108. The van der Waals surface area contributed by atoms with E-state index in [0.29, 0.717) is 12.3 Å². The lowest BCUT2D eigenvalue weighted by Gasteiger charge is -2.16. The number of nitrogens with one attached hydrogen (secondary N) is 3. The highest BCUT2D eigenvalue weighted by Gasteiger charge is 2.43. The Morgan fingerprint density at radius 1 is 1.06 bits per heavy atom. The van der Waals surface area contributed by atoms with Gasteiger partial charge >= 0.3 is 6.03 Å². The van der Waals surface area contributed by atoms with Gasteiger partial charge in [0.15, 0.2) is 0 Å². The fourth-order valence-corrected chi connectivity index (χ4v) is 3.30. The van der Waals surface area contributed by atoms with Gasteiger partial charge in [-0.1, -0.05) is 18.2 Å². The molecule has 1 fully saturated rings. The number of aliphatic hydroxyl groups is 2. The van der Waals surface area contributed by atoms with Crippen LogP contribution in [-0.2, 0) is 16.1 Å². The second-order valence-corrected chi connectivity index (χ2v) is 7.37. The molecular formula is C22H26FN3O6. The summed E-state index contributed by atoms with van der Waals surface area (Å²) in [6.45, 7) is 0.183. The molecule has 4 atom stereocenters. The van der Waals surface area contributed by atoms with Crippen molar-refractivity contribution in [1.82, 2.24) is 10.6 Å². The van der Waals surface area contributed by atoms with Crippen molar-refractivity contribution in [2.24, 2.45) is 0 Å². The van der Waals surface area contributed by atoms with Gasteiger partial charge in [0.1, 0.15) is 29.9 Å². The predicted molar refractivity (Wildman–Crippen MR) is 114 cm³/mol. The van der Waals surface area contributed by atoms with Crippen molar-refractivity contribution in [2.45, 2.75) is 37.4 Å². The van der Waals surface area contributed by atoms with E-state index in [4.69, 9.17) is 9.47 Å². The number of carbonyl (C=O) groups is 2. The normalized spacial score (nSPS) is 22.2. The lowest BCUT2D eigenvalue weighted by atomic mass is 10.1. The maximum atomic E-state index is 13.2. The lowest BCUT2D eigenvalue weighted by Crippen LogP contribution is -2.41. The molecule has 0 saturated carbocycles. The van der Waals surface area contributed by atoms with Crippen molar-refractivity contribution >= 4 is 17.6 Å². The van der Waals surface area contributed by atoms with Crippen LogP contribution >= 0.6 is 0 Å². The van der Waals surface area contributed by atoms with E-state index in [2.05, 4.69) is 16.0 Å². The molecule has 0 spiro atoms. The molecule has 1 aliphatic heterocycles. The molecule has 1 aliphatic rings. The van der Waals surface area contributed by atoms with Crippen molar-refractivity contribution in [2.75, 3.05) is 19.0 Å².